The van der Waals surface area contributed by atoms with Crippen LogP contribution in [0.2, 0.25) is 0 Å². The highest BCUT2D eigenvalue weighted by Gasteiger charge is 2.21. The number of hydrogen-bond donors (Lipinski definition) is 0. The van der Waals surface area contributed by atoms with Crippen LogP contribution < -0.4 is 0 Å². The molecule has 0 saturated carbocycles. The highest BCUT2D eigenvalue weighted by molar-refractivity contribution is 6.23. The molecule has 46 heavy (non-hydrogen) atoms. The molecule has 8 aromatic rings. The van der Waals surface area contributed by atoms with Gasteiger partial charge in [-0.2, -0.15) is 0 Å². The predicted octanol–water partition coefficient (Wildman–Crippen LogP) is 12.8. The number of fused-ring (bicyclic) bond motifs is 5. The van der Waals surface area contributed by atoms with Gasteiger partial charge in [-0.3, -0.25) is 0 Å². The van der Waals surface area contributed by atoms with E-state index in [1.54, 1.807) is 0 Å². The fraction of sp³-hybridized carbons (Fsp3) is 0.0435. The highest BCUT2D eigenvalue weighted by Crippen LogP contribution is 2.47. The van der Waals surface area contributed by atoms with E-state index in [1.807, 2.05) is 0 Å². The number of hydrogen-bond acceptors (Lipinski definition) is 0. The smallest absolute Gasteiger partial charge is 0.00232 e. The zero-order valence-corrected chi connectivity index (χ0v) is 25.6. The molecule has 1 aliphatic carbocycles. The van der Waals surface area contributed by atoms with Crippen molar-refractivity contribution >= 4 is 38.4 Å². The van der Waals surface area contributed by atoms with E-state index in [9.17, 15) is 0 Å². The Labute approximate surface area is 269 Å². The third-order valence-corrected chi connectivity index (χ3v) is 9.69. The summed E-state index contributed by atoms with van der Waals surface area (Å²) in [6, 6.07) is 58.2. The van der Waals surface area contributed by atoms with Crippen molar-refractivity contribution in [3.8, 4) is 44.5 Å². The Morgan fingerprint density at radius 3 is 1.78 bits per heavy atom. The Morgan fingerprint density at radius 2 is 0.978 bits per heavy atom. The lowest BCUT2D eigenvalue weighted by atomic mass is 9.80. The normalized spacial score (nSPS) is 12.5. The predicted molar refractivity (Wildman–Crippen MR) is 198 cm³/mol. The third kappa shape index (κ3) is 4.45. The van der Waals surface area contributed by atoms with Gasteiger partial charge in [0.25, 0.3) is 0 Å². The van der Waals surface area contributed by atoms with Crippen LogP contribution >= 0.6 is 0 Å². The molecular weight excluding hydrogens is 553 g/mol. The first kappa shape index (κ1) is 26.7. The molecule has 9 rings (SSSR count). The summed E-state index contributed by atoms with van der Waals surface area (Å²) in [4.78, 5) is 0. The lowest BCUT2D eigenvalue weighted by Gasteiger charge is -2.23. The van der Waals surface area contributed by atoms with E-state index in [0.29, 0.717) is 0 Å². The van der Waals surface area contributed by atoms with Crippen LogP contribution in [0.15, 0.2) is 164 Å². The number of benzene rings is 8. The maximum Gasteiger partial charge on any atom is -0.00232 e. The van der Waals surface area contributed by atoms with Crippen molar-refractivity contribution in [3.05, 3.63) is 175 Å². The zero-order valence-electron chi connectivity index (χ0n) is 25.6. The summed E-state index contributed by atoms with van der Waals surface area (Å²) in [5.41, 5.74) is 12.9. The van der Waals surface area contributed by atoms with E-state index in [0.717, 1.165) is 12.8 Å². The molecule has 1 aliphatic rings. The minimum atomic E-state index is 1.04. The zero-order chi connectivity index (χ0) is 30.5. The minimum absolute atomic E-state index is 1.04. The van der Waals surface area contributed by atoms with Crippen LogP contribution in [-0.4, -0.2) is 0 Å². The molecule has 0 N–H and O–H groups in total. The average molecular weight is 585 g/mol. The fourth-order valence-electron chi connectivity index (χ4n) is 7.54. The number of allylic oxidation sites excluding steroid dienone is 1. The van der Waals surface area contributed by atoms with Crippen LogP contribution in [0.5, 0.6) is 0 Å². The molecule has 0 nitrogen and oxygen atoms in total. The van der Waals surface area contributed by atoms with Crippen molar-refractivity contribution in [2.45, 2.75) is 12.8 Å². The standard InChI is InChI=1S/C46H32/c1-2-12-31(13-3-1)35-17-10-19-38(29-35)44-41-22-8-9-23-42(41)45(46-40-21-7-6-15-33(40)26-27-43(44)46)39-20-11-18-36(30-39)37-25-24-32-14-4-5-16-34(32)28-37/h1-6,8-20,22-30H,7,21H2. The average Bonchev–Trinajstić information content (AvgIpc) is 3.14. The van der Waals surface area contributed by atoms with Gasteiger partial charge in [0.15, 0.2) is 0 Å². The molecule has 0 bridgehead atoms. The molecule has 0 radical (unpaired) electrons. The highest BCUT2D eigenvalue weighted by atomic mass is 14.2. The van der Waals surface area contributed by atoms with E-state index in [1.165, 1.54) is 88.0 Å². The Balaban J connectivity index is 1.34. The summed E-state index contributed by atoms with van der Waals surface area (Å²) in [6.45, 7) is 0. The molecule has 0 aliphatic heterocycles. The number of aryl methyl sites for hydroxylation is 1. The molecule has 0 amide bonds. The molecule has 0 aromatic heterocycles. The molecule has 216 valence electrons. The van der Waals surface area contributed by atoms with Crippen LogP contribution in [0, 0.1) is 0 Å². The Hall–Kier alpha value is -5.72. The summed E-state index contributed by atoms with van der Waals surface area (Å²) < 4.78 is 0. The maximum atomic E-state index is 2.40. The molecule has 0 spiro atoms. The molecule has 0 saturated heterocycles. The van der Waals surface area contributed by atoms with E-state index in [2.05, 4.69) is 170 Å². The van der Waals surface area contributed by atoms with Crippen LogP contribution in [0.1, 0.15) is 17.5 Å². The largest absolute Gasteiger partial charge is 0.0836 e. The first-order valence-electron chi connectivity index (χ1n) is 16.2. The summed E-state index contributed by atoms with van der Waals surface area (Å²) in [7, 11) is 0. The van der Waals surface area contributed by atoms with Crippen molar-refractivity contribution < 1.29 is 0 Å². The van der Waals surface area contributed by atoms with Gasteiger partial charge in [-0.25, -0.2) is 0 Å². The van der Waals surface area contributed by atoms with Crippen LogP contribution in [0.3, 0.4) is 0 Å². The summed E-state index contributed by atoms with van der Waals surface area (Å²) in [6.07, 6.45) is 6.74. The van der Waals surface area contributed by atoms with Gasteiger partial charge in [-0.15, -0.1) is 0 Å². The van der Waals surface area contributed by atoms with Crippen LogP contribution in [-0.2, 0) is 6.42 Å². The van der Waals surface area contributed by atoms with Crippen molar-refractivity contribution in [2.75, 3.05) is 0 Å². The first-order chi connectivity index (χ1) is 22.8. The van der Waals surface area contributed by atoms with Crippen molar-refractivity contribution in [1.82, 2.24) is 0 Å². The van der Waals surface area contributed by atoms with Crippen molar-refractivity contribution in [3.63, 3.8) is 0 Å². The van der Waals surface area contributed by atoms with Gasteiger partial charge >= 0.3 is 0 Å². The van der Waals surface area contributed by atoms with E-state index in [-0.39, 0.29) is 0 Å². The van der Waals surface area contributed by atoms with Gasteiger partial charge in [0.1, 0.15) is 0 Å². The lowest BCUT2D eigenvalue weighted by molar-refractivity contribution is 0.998. The van der Waals surface area contributed by atoms with Gasteiger partial charge in [0.05, 0.1) is 0 Å². The van der Waals surface area contributed by atoms with Crippen molar-refractivity contribution in [2.24, 2.45) is 0 Å². The Bertz CT molecular complexity index is 2460. The third-order valence-electron chi connectivity index (χ3n) is 9.69. The fourth-order valence-corrected chi connectivity index (χ4v) is 7.54. The molecule has 0 fully saturated rings. The van der Waals surface area contributed by atoms with Gasteiger partial charge in [0, 0.05) is 0 Å². The van der Waals surface area contributed by atoms with Crippen LogP contribution in [0.4, 0.5) is 0 Å². The second-order valence-electron chi connectivity index (χ2n) is 12.4. The molecule has 0 heterocycles. The molecule has 0 unspecified atom stereocenters. The summed E-state index contributed by atoms with van der Waals surface area (Å²) in [5, 5.41) is 7.84. The van der Waals surface area contributed by atoms with Gasteiger partial charge in [-0.05, 0) is 119 Å². The maximum absolute atomic E-state index is 2.40. The lowest BCUT2D eigenvalue weighted by Crippen LogP contribution is -2.00. The van der Waals surface area contributed by atoms with Gasteiger partial charge in [-0.1, -0.05) is 152 Å². The van der Waals surface area contributed by atoms with Gasteiger partial charge < -0.3 is 0 Å². The Kier molecular flexibility index (Phi) is 6.39. The Morgan fingerprint density at radius 1 is 0.370 bits per heavy atom. The topological polar surface area (TPSA) is 0 Å². The SMILES string of the molecule is C1=Cc2ccc3c(-c4cccc(-c5ccccc5)c4)c4ccccc4c(-c4cccc(-c5ccc6ccccc6c5)c4)c3c2CC1. The summed E-state index contributed by atoms with van der Waals surface area (Å²) >= 11 is 0. The second kappa shape index (κ2) is 11.0. The van der Waals surface area contributed by atoms with Crippen LogP contribution in [0.25, 0.3) is 82.9 Å². The number of rotatable bonds is 4. The minimum Gasteiger partial charge on any atom is -0.0836 e. The quantitative estimate of drug-likeness (QED) is 0.181. The van der Waals surface area contributed by atoms with Crippen molar-refractivity contribution in [1.29, 1.82) is 0 Å². The second-order valence-corrected chi connectivity index (χ2v) is 12.4. The molecule has 0 atom stereocenters. The molecular formula is C46H32. The van der Waals surface area contributed by atoms with Gasteiger partial charge in [0.2, 0.25) is 0 Å². The van der Waals surface area contributed by atoms with E-state index < -0.39 is 0 Å². The first-order valence-corrected chi connectivity index (χ1v) is 16.2. The summed E-state index contributed by atoms with van der Waals surface area (Å²) in [5.74, 6) is 0. The van der Waals surface area contributed by atoms with E-state index >= 15 is 0 Å². The van der Waals surface area contributed by atoms with E-state index in [4.69, 9.17) is 0 Å². The monoisotopic (exact) mass is 584 g/mol. The molecule has 0 heteroatoms. The molecule has 8 aromatic carbocycles.